The van der Waals surface area contributed by atoms with Crippen LogP contribution in [0.25, 0.3) is 0 Å². The van der Waals surface area contributed by atoms with E-state index in [0.717, 1.165) is 12.8 Å². The van der Waals surface area contributed by atoms with Gasteiger partial charge in [-0.25, -0.2) is 0 Å². The minimum atomic E-state index is -0.304. The van der Waals surface area contributed by atoms with Crippen molar-refractivity contribution in [1.29, 1.82) is 0 Å². The zero-order valence-electron chi connectivity index (χ0n) is 12.6. The van der Waals surface area contributed by atoms with Gasteiger partial charge in [0.25, 0.3) is 0 Å². The zero-order chi connectivity index (χ0) is 15.5. The Kier molecular flexibility index (Phi) is 4.76. The fourth-order valence-electron chi connectivity index (χ4n) is 3.33. The van der Waals surface area contributed by atoms with Crippen LogP contribution in [0.3, 0.4) is 0 Å². The first-order valence-electron chi connectivity index (χ1n) is 7.62. The van der Waals surface area contributed by atoms with E-state index in [1.807, 2.05) is 12.2 Å². The SMILES string of the molecule is CC(CCC(N)=O)(C1=CCC(=O)CC1)C1=CCC(=O)CC1. The molecule has 2 aliphatic carbocycles. The molecule has 0 aromatic heterocycles. The molecule has 0 atom stereocenters. The van der Waals surface area contributed by atoms with Crippen LogP contribution in [0.5, 0.6) is 0 Å². The molecule has 0 fully saturated rings. The predicted molar refractivity (Wildman–Crippen MR) is 80.4 cm³/mol. The summed E-state index contributed by atoms with van der Waals surface area (Å²) >= 11 is 0. The minimum Gasteiger partial charge on any atom is -0.370 e. The number of hydrogen-bond donors (Lipinski definition) is 1. The van der Waals surface area contributed by atoms with Crippen molar-refractivity contribution in [1.82, 2.24) is 0 Å². The van der Waals surface area contributed by atoms with Crippen molar-refractivity contribution in [2.75, 3.05) is 0 Å². The van der Waals surface area contributed by atoms with E-state index in [4.69, 9.17) is 5.73 Å². The van der Waals surface area contributed by atoms with Crippen LogP contribution in [0.1, 0.15) is 58.3 Å². The smallest absolute Gasteiger partial charge is 0.217 e. The van der Waals surface area contributed by atoms with E-state index < -0.39 is 0 Å². The highest BCUT2D eigenvalue weighted by Crippen LogP contribution is 2.46. The van der Waals surface area contributed by atoms with Gasteiger partial charge in [-0.3, -0.25) is 14.4 Å². The summed E-state index contributed by atoms with van der Waals surface area (Å²) in [4.78, 5) is 34.1. The Hall–Kier alpha value is -1.71. The Morgan fingerprint density at radius 3 is 1.86 bits per heavy atom. The molecule has 0 aromatic rings. The van der Waals surface area contributed by atoms with Crippen molar-refractivity contribution in [2.45, 2.75) is 58.3 Å². The number of primary amides is 1. The van der Waals surface area contributed by atoms with Crippen molar-refractivity contribution in [3.63, 3.8) is 0 Å². The van der Waals surface area contributed by atoms with Gasteiger partial charge in [0.15, 0.2) is 0 Å². The van der Waals surface area contributed by atoms with Crippen LogP contribution in [-0.2, 0) is 14.4 Å². The molecule has 0 spiro atoms. The standard InChI is InChI=1S/C17H23NO3/c1-17(11-10-16(18)21,12-2-6-14(19)7-3-12)13-4-8-15(20)9-5-13/h2,4H,3,5-11H2,1H3,(H2,18,21). The van der Waals surface area contributed by atoms with Crippen LogP contribution in [0, 0.1) is 5.41 Å². The molecule has 21 heavy (non-hydrogen) atoms. The number of carbonyl (C=O) groups excluding carboxylic acids is 3. The lowest BCUT2D eigenvalue weighted by molar-refractivity contribution is -0.119. The molecule has 2 N–H and O–H groups in total. The van der Waals surface area contributed by atoms with Crippen molar-refractivity contribution < 1.29 is 14.4 Å². The minimum absolute atomic E-state index is 0.240. The Morgan fingerprint density at radius 1 is 1.05 bits per heavy atom. The Balaban J connectivity index is 2.27. The first-order valence-corrected chi connectivity index (χ1v) is 7.62. The van der Waals surface area contributed by atoms with Gasteiger partial charge in [0.1, 0.15) is 11.6 Å². The number of hydrogen-bond acceptors (Lipinski definition) is 3. The summed E-state index contributed by atoms with van der Waals surface area (Å²) in [5, 5.41) is 0. The highest BCUT2D eigenvalue weighted by Gasteiger charge is 2.35. The van der Waals surface area contributed by atoms with Gasteiger partial charge < -0.3 is 5.73 Å². The van der Waals surface area contributed by atoms with Crippen molar-refractivity contribution in [3.05, 3.63) is 23.3 Å². The highest BCUT2D eigenvalue weighted by molar-refractivity contribution is 5.82. The molecule has 0 unspecified atom stereocenters. The van der Waals surface area contributed by atoms with Gasteiger partial charge in [0.05, 0.1) is 0 Å². The summed E-state index contributed by atoms with van der Waals surface area (Å²) in [6.07, 6.45) is 8.62. The Morgan fingerprint density at radius 2 is 1.52 bits per heavy atom. The van der Waals surface area contributed by atoms with Crippen molar-refractivity contribution in [2.24, 2.45) is 11.1 Å². The number of rotatable bonds is 5. The van der Waals surface area contributed by atoms with Crippen molar-refractivity contribution in [3.8, 4) is 0 Å². The predicted octanol–water partition coefficient (Wildman–Crippen LogP) is 2.62. The molecule has 1 amide bonds. The summed E-state index contributed by atoms with van der Waals surface area (Å²) in [7, 11) is 0. The number of ketones is 2. The molecule has 2 rings (SSSR count). The van der Waals surface area contributed by atoms with E-state index in [0.29, 0.717) is 38.5 Å². The maximum absolute atomic E-state index is 11.4. The van der Waals surface area contributed by atoms with Crippen molar-refractivity contribution >= 4 is 17.5 Å². The summed E-state index contributed by atoms with van der Waals surface area (Å²) in [6, 6.07) is 0. The zero-order valence-corrected chi connectivity index (χ0v) is 12.6. The van der Waals surface area contributed by atoms with E-state index in [9.17, 15) is 14.4 Å². The largest absolute Gasteiger partial charge is 0.370 e. The summed E-state index contributed by atoms with van der Waals surface area (Å²) < 4.78 is 0. The molecule has 2 aliphatic rings. The second kappa shape index (κ2) is 6.37. The molecule has 4 heteroatoms. The van der Waals surface area contributed by atoms with Gasteiger partial charge in [-0.2, -0.15) is 0 Å². The van der Waals surface area contributed by atoms with E-state index in [1.54, 1.807) is 0 Å². The summed E-state index contributed by atoms with van der Waals surface area (Å²) in [5.74, 6) is 0.230. The fourth-order valence-corrected chi connectivity index (χ4v) is 3.33. The van der Waals surface area contributed by atoms with Crippen LogP contribution >= 0.6 is 0 Å². The third kappa shape index (κ3) is 3.69. The molecule has 0 saturated heterocycles. The van der Waals surface area contributed by atoms with Gasteiger partial charge in [0, 0.05) is 37.5 Å². The molecule has 0 heterocycles. The van der Waals surface area contributed by atoms with Gasteiger partial charge in [-0.15, -0.1) is 0 Å². The Labute approximate surface area is 125 Å². The Bertz CT molecular complexity index is 492. The molecular weight excluding hydrogens is 266 g/mol. The topological polar surface area (TPSA) is 77.2 Å². The fraction of sp³-hybridized carbons (Fsp3) is 0.588. The lowest BCUT2D eigenvalue weighted by Crippen LogP contribution is -2.28. The van der Waals surface area contributed by atoms with Crippen LogP contribution in [0.15, 0.2) is 23.3 Å². The maximum atomic E-state index is 11.4. The third-order valence-corrected chi connectivity index (χ3v) is 4.79. The van der Waals surface area contributed by atoms with Crippen LogP contribution in [0.4, 0.5) is 0 Å². The molecule has 0 saturated carbocycles. The third-order valence-electron chi connectivity index (χ3n) is 4.79. The molecule has 0 bridgehead atoms. The number of allylic oxidation sites excluding steroid dienone is 4. The second-order valence-electron chi connectivity index (χ2n) is 6.24. The van der Waals surface area contributed by atoms with Gasteiger partial charge in [0.2, 0.25) is 5.91 Å². The van der Waals surface area contributed by atoms with Crippen LogP contribution in [0.2, 0.25) is 0 Å². The molecule has 4 nitrogen and oxygen atoms in total. The van der Waals surface area contributed by atoms with Gasteiger partial charge in [-0.1, -0.05) is 30.2 Å². The van der Waals surface area contributed by atoms with E-state index in [1.165, 1.54) is 11.1 Å². The molecule has 0 aromatic carbocycles. The van der Waals surface area contributed by atoms with E-state index in [-0.39, 0.29) is 22.9 Å². The molecule has 0 radical (unpaired) electrons. The monoisotopic (exact) mass is 289 g/mol. The molecular formula is C17H23NO3. The highest BCUT2D eigenvalue weighted by atomic mass is 16.1. The average Bonchev–Trinajstić information content (AvgIpc) is 2.46. The number of carbonyl (C=O) groups is 3. The average molecular weight is 289 g/mol. The lowest BCUT2D eigenvalue weighted by atomic mass is 9.66. The van der Waals surface area contributed by atoms with Crippen LogP contribution in [-0.4, -0.2) is 17.5 Å². The number of amides is 1. The maximum Gasteiger partial charge on any atom is 0.217 e. The van der Waals surface area contributed by atoms with E-state index in [2.05, 4.69) is 6.92 Å². The second-order valence-corrected chi connectivity index (χ2v) is 6.24. The summed E-state index contributed by atoms with van der Waals surface area (Å²) in [6.45, 7) is 2.12. The molecule has 0 aliphatic heterocycles. The first-order chi connectivity index (χ1) is 9.91. The van der Waals surface area contributed by atoms with E-state index >= 15 is 0 Å². The van der Waals surface area contributed by atoms with Gasteiger partial charge >= 0.3 is 0 Å². The quantitative estimate of drug-likeness (QED) is 0.790. The normalized spacial score (nSPS) is 20.0. The van der Waals surface area contributed by atoms with Crippen LogP contribution < -0.4 is 5.73 Å². The molecule has 114 valence electrons. The van der Waals surface area contributed by atoms with Gasteiger partial charge in [-0.05, 0) is 19.3 Å². The lowest BCUT2D eigenvalue weighted by Gasteiger charge is -2.38. The number of nitrogens with two attached hydrogens (primary N) is 1. The number of Topliss-reactive ketones (excluding diaryl/α,β-unsaturated/α-hetero) is 2. The summed E-state index contributed by atoms with van der Waals surface area (Å²) in [5.41, 5.74) is 7.53. The first kappa shape index (κ1) is 15.7.